The minimum Gasteiger partial charge on any atom is -0.481 e. The van der Waals surface area contributed by atoms with Gasteiger partial charge in [-0.1, -0.05) is 32.4 Å². The predicted molar refractivity (Wildman–Crippen MR) is 125 cm³/mol. The van der Waals surface area contributed by atoms with Gasteiger partial charge in [0.05, 0.1) is 13.2 Å². The third-order valence-electron chi connectivity index (χ3n) is 9.79. The molecule has 32 heavy (non-hydrogen) atoms. The second-order valence-corrected chi connectivity index (χ2v) is 11.5. The topological polar surface area (TPSA) is 83.8 Å². The van der Waals surface area contributed by atoms with E-state index >= 15 is 0 Å². The third kappa shape index (κ3) is 4.78. The molecular formula is C27H44O5. The zero-order valence-corrected chi connectivity index (χ0v) is 20.7. The Hall–Kier alpha value is -1.36. The molecule has 0 aromatic rings. The van der Waals surface area contributed by atoms with E-state index in [9.17, 15) is 9.90 Å². The van der Waals surface area contributed by atoms with Crippen molar-refractivity contribution >= 4 is 11.9 Å². The van der Waals surface area contributed by atoms with Crippen LogP contribution >= 0.6 is 0 Å². The zero-order valence-electron chi connectivity index (χ0n) is 20.7. The highest BCUT2D eigenvalue weighted by Crippen LogP contribution is 2.66. The highest BCUT2D eigenvalue weighted by Gasteiger charge is 2.57. The summed E-state index contributed by atoms with van der Waals surface area (Å²) >= 11 is 0. The van der Waals surface area contributed by atoms with Gasteiger partial charge in [-0.2, -0.15) is 0 Å². The van der Waals surface area contributed by atoms with Gasteiger partial charge < -0.3 is 14.9 Å². The van der Waals surface area contributed by atoms with Gasteiger partial charge in [0.1, 0.15) is 0 Å². The number of aliphatic carboxylic acids is 1. The normalized spacial score (nSPS) is 41.1. The van der Waals surface area contributed by atoms with Gasteiger partial charge in [0.15, 0.2) is 0 Å². The number of aliphatic hydroxyl groups excluding tert-OH is 1. The number of carboxylic acids is 1. The van der Waals surface area contributed by atoms with Gasteiger partial charge in [-0.3, -0.25) is 9.59 Å². The lowest BCUT2D eigenvalue weighted by atomic mass is 9.48. The molecular weight excluding hydrogens is 404 g/mol. The number of esters is 1. The Morgan fingerprint density at radius 2 is 1.88 bits per heavy atom. The minimum atomic E-state index is -0.833. The molecule has 0 amide bonds. The molecule has 3 saturated carbocycles. The first-order chi connectivity index (χ1) is 15.0. The quantitative estimate of drug-likeness (QED) is 0.432. The van der Waals surface area contributed by atoms with E-state index < -0.39 is 5.97 Å². The van der Waals surface area contributed by atoms with Crippen molar-refractivity contribution in [2.24, 2.45) is 40.4 Å². The number of rotatable bonds is 4. The smallest absolute Gasteiger partial charge is 0.305 e. The van der Waals surface area contributed by atoms with Crippen LogP contribution in [0.4, 0.5) is 0 Å². The fourth-order valence-electron chi connectivity index (χ4n) is 8.13. The molecule has 0 aromatic carbocycles. The molecule has 5 nitrogen and oxygen atoms in total. The van der Waals surface area contributed by atoms with Crippen molar-refractivity contribution < 1.29 is 24.5 Å². The summed E-state index contributed by atoms with van der Waals surface area (Å²) in [6.45, 7) is 8.51. The molecule has 8 atom stereocenters. The number of ether oxygens (including phenoxy) is 1. The maximum absolute atomic E-state index is 11.6. The lowest BCUT2D eigenvalue weighted by Gasteiger charge is -2.57. The molecule has 182 valence electrons. The zero-order chi connectivity index (χ0) is 23.7. The Bertz CT molecular complexity index is 726. The van der Waals surface area contributed by atoms with E-state index in [4.69, 9.17) is 14.6 Å². The molecule has 0 radical (unpaired) electrons. The van der Waals surface area contributed by atoms with E-state index in [1.165, 1.54) is 45.6 Å². The van der Waals surface area contributed by atoms with Crippen LogP contribution in [0.5, 0.6) is 0 Å². The first-order valence-corrected chi connectivity index (χ1v) is 12.7. The lowest BCUT2D eigenvalue weighted by molar-refractivity contribution is -0.141. The van der Waals surface area contributed by atoms with Gasteiger partial charge in [-0.25, -0.2) is 0 Å². The number of carboxylic acid groups (broad SMARTS) is 1. The Labute approximate surface area is 194 Å². The molecule has 0 aromatic heterocycles. The van der Waals surface area contributed by atoms with Crippen molar-refractivity contribution in [2.45, 2.75) is 98.0 Å². The summed E-state index contributed by atoms with van der Waals surface area (Å²) in [5.41, 5.74) is 2.49. The Balaban J connectivity index is 0.000000668. The summed E-state index contributed by atoms with van der Waals surface area (Å²) < 4.78 is 4.87. The van der Waals surface area contributed by atoms with Gasteiger partial charge in [0.25, 0.3) is 5.97 Å². The highest BCUT2D eigenvalue weighted by molar-refractivity contribution is 5.69. The molecule has 5 heteroatoms. The number of allylic oxidation sites excluding steroid dienone is 2. The molecule has 0 saturated heterocycles. The summed E-state index contributed by atoms with van der Waals surface area (Å²) in [4.78, 5) is 20.6. The number of hydrogen-bond donors (Lipinski definition) is 2. The van der Waals surface area contributed by atoms with Crippen LogP contribution in [0.1, 0.15) is 91.9 Å². The number of carbonyl (C=O) groups excluding carboxylic acids is 1. The lowest BCUT2D eigenvalue weighted by Crippen LogP contribution is -2.48. The van der Waals surface area contributed by atoms with Crippen LogP contribution in [0, 0.1) is 40.4 Å². The monoisotopic (exact) mass is 448 g/mol. The second kappa shape index (κ2) is 9.87. The highest BCUT2D eigenvalue weighted by atomic mass is 16.5. The van der Waals surface area contributed by atoms with E-state index in [0.29, 0.717) is 29.1 Å². The van der Waals surface area contributed by atoms with Crippen molar-refractivity contribution in [3.8, 4) is 0 Å². The van der Waals surface area contributed by atoms with Gasteiger partial charge in [0.2, 0.25) is 0 Å². The summed E-state index contributed by atoms with van der Waals surface area (Å²) in [7, 11) is 1.49. The SMILES string of the molecule is CC(=O)O.COC(=O)CC[C@@H](C)[C@H]1CC[C@H]2[C@@H]3CC[C@@H]4C[C@@H](O)CC[C@]4(C)C3=CC[C@]12C. The molecule has 0 bridgehead atoms. The molecule has 3 fully saturated rings. The van der Waals surface area contributed by atoms with Crippen LogP contribution in [0.3, 0.4) is 0 Å². The van der Waals surface area contributed by atoms with E-state index in [1.54, 1.807) is 5.57 Å². The van der Waals surface area contributed by atoms with Crippen molar-refractivity contribution in [1.82, 2.24) is 0 Å². The van der Waals surface area contributed by atoms with Crippen molar-refractivity contribution in [3.05, 3.63) is 11.6 Å². The minimum absolute atomic E-state index is 0.0666. The summed E-state index contributed by atoms with van der Waals surface area (Å²) in [5.74, 6) is 2.65. The van der Waals surface area contributed by atoms with Crippen LogP contribution in [0.25, 0.3) is 0 Å². The van der Waals surface area contributed by atoms with Crippen molar-refractivity contribution in [1.29, 1.82) is 0 Å². The summed E-state index contributed by atoms with van der Waals surface area (Å²) in [6, 6.07) is 0. The standard InChI is InChI=1S/C25H40O3.C2H4O2/c1-16(5-10-23(27)28-4)20-8-9-21-19-7-6-17-15-18(26)11-13-24(17,2)22(19)12-14-25(20,21)3;1-2(3)4/h12,16-21,26H,5-11,13-15H2,1-4H3;1H3,(H,3,4)/t16-,17-,18+,19+,20-,21+,24+,25-;/m1./s1. The molecule has 4 aliphatic rings. The van der Waals surface area contributed by atoms with E-state index in [2.05, 4.69) is 26.8 Å². The maximum atomic E-state index is 11.6. The fourth-order valence-corrected chi connectivity index (χ4v) is 8.13. The average molecular weight is 449 g/mol. The molecule has 4 rings (SSSR count). The number of methoxy groups -OCH3 is 1. The first kappa shape index (κ1) is 25.3. The van der Waals surface area contributed by atoms with Crippen LogP contribution < -0.4 is 0 Å². The molecule has 0 aliphatic heterocycles. The van der Waals surface area contributed by atoms with Crippen molar-refractivity contribution in [3.63, 3.8) is 0 Å². The fraction of sp³-hybridized carbons (Fsp3) is 0.852. The molecule has 2 N–H and O–H groups in total. The van der Waals surface area contributed by atoms with Crippen LogP contribution in [-0.2, 0) is 14.3 Å². The van der Waals surface area contributed by atoms with E-state index in [1.807, 2.05) is 0 Å². The van der Waals surface area contributed by atoms with E-state index in [-0.39, 0.29) is 12.1 Å². The summed E-state index contributed by atoms with van der Waals surface area (Å²) in [6.07, 6.45) is 13.8. The second-order valence-electron chi connectivity index (χ2n) is 11.5. The molecule has 0 heterocycles. The Morgan fingerprint density at radius 3 is 2.53 bits per heavy atom. The maximum Gasteiger partial charge on any atom is 0.305 e. The number of aliphatic hydroxyl groups is 1. The number of carbonyl (C=O) groups is 2. The van der Waals surface area contributed by atoms with Crippen LogP contribution in [0.2, 0.25) is 0 Å². The Morgan fingerprint density at radius 1 is 1.19 bits per heavy atom. The van der Waals surface area contributed by atoms with Gasteiger partial charge in [-0.15, -0.1) is 0 Å². The molecule has 0 unspecified atom stereocenters. The van der Waals surface area contributed by atoms with Crippen LogP contribution in [0.15, 0.2) is 11.6 Å². The molecule has 4 aliphatic carbocycles. The predicted octanol–water partition coefficient (Wildman–Crippen LogP) is 5.61. The van der Waals surface area contributed by atoms with Gasteiger partial charge in [-0.05, 0) is 98.2 Å². The average Bonchev–Trinajstić information content (AvgIpc) is 3.09. The van der Waals surface area contributed by atoms with Crippen LogP contribution in [-0.4, -0.2) is 35.4 Å². The first-order valence-electron chi connectivity index (χ1n) is 12.7. The molecule has 0 spiro atoms. The largest absolute Gasteiger partial charge is 0.481 e. The van der Waals surface area contributed by atoms with Gasteiger partial charge >= 0.3 is 5.97 Å². The Kier molecular flexibility index (Phi) is 7.79. The van der Waals surface area contributed by atoms with Crippen molar-refractivity contribution in [2.75, 3.05) is 7.11 Å². The van der Waals surface area contributed by atoms with Gasteiger partial charge in [0, 0.05) is 13.3 Å². The third-order valence-corrected chi connectivity index (χ3v) is 9.79. The number of fused-ring (bicyclic) bond motifs is 5. The van der Waals surface area contributed by atoms with E-state index in [0.717, 1.165) is 43.9 Å². The number of hydrogen-bond acceptors (Lipinski definition) is 4. The summed E-state index contributed by atoms with van der Waals surface area (Å²) in [5, 5.41) is 17.6.